The number of anilines is 1. The van der Waals surface area contributed by atoms with Gasteiger partial charge in [-0.3, -0.25) is 9.80 Å². The van der Waals surface area contributed by atoms with E-state index in [0.29, 0.717) is 30.9 Å². The van der Waals surface area contributed by atoms with Gasteiger partial charge in [0.05, 0.1) is 23.0 Å². The molecule has 0 radical (unpaired) electrons. The van der Waals surface area contributed by atoms with Crippen molar-refractivity contribution in [1.29, 1.82) is 0 Å². The van der Waals surface area contributed by atoms with Crippen molar-refractivity contribution in [2.75, 3.05) is 37.7 Å². The van der Waals surface area contributed by atoms with Gasteiger partial charge in [-0.25, -0.2) is 14.2 Å². The van der Waals surface area contributed by atoms with Gasteiger partial charge in [-0.15, -0.1) is 0 Å². The number of amides is 1. The molecule has 0 saturated carbocycles. The van der Waals surface area contributed by atoms with E-state index in [1.54, 1.807) is 0 Å². The summed E-state index contributed by atoms with van der Waals surface area (Å²) >= 11 is 6.03. The number of carbonyl (C=O) groups is 1. The molecule has 11 heteroatoms. The highest BCUT2D eigenvalue weighted by Gasteiger charge is 2.47. The summed E-state index contributed by atoms with van der Waals surface area (Å²) in [4.78, 5) is 32.6. The molecule has 6 rings (SSSR count). The second-order valence-electron chi connectivity index (χ2n) is 12.1. The minimum Gasteiger partial charge on any atom is -0.461 e. The Labute approximate surface area is 226 Å². The highest BCUT2D eigenvalue weighted by Crippen LogP contribution is 2.41. The number of fused-ring (bicyclic) bond motifs is 4. The van der Waals surface area contributed by atoms with Crippen molar-refractivity contribution in [1.82, 2.24) is 24.8 Å². The Balaban J connectivity index is 1.30. The van der Waals surface area contributed by atoms with Crippen LogP contribution in [0.25, 0.3) is 10.9 Å². The smallest absolute Gasteiger partial charge is 0.410 e. The summed E-state index contributed by atoms with van der Waals surface area (Å²) in [6.45, 7) is 13.2. The number of hydrogen-bond donors (Lipinski definition) is 0. The minimum atomic E-state index is -0.692. The zero-order chi connectivity index (χ0) is 26.8. The van der Waals surface area contributed by atoms with Crippen molar-refractivity contribution >= 4 is 34.4 Å². The molecule has 3 atom stereocenters. The summed E-state index contributed by atoms with van der Waals surface area (Å²) < 4.78 is 27.1. The van der Waals surface area contributed by atoms with Crippen LogP contribution in [0.1, 0.15) is 52.9 Å². The van der Waals surface area contributed by atoms with Gasteiger partial charge in [0.1, 0.15) is 23.5 Å². The number of hydrogen-bond acceptors (Lipinski definition) is 8. The molecule has 2 bridgehead atoms. The number of aromatic nitrogens is 3. The monoisotopic (exact) mass is 544 g/mol. The third kappa shape index (κ3) is 4.45. The Bertz CT molecular complexity index is 1290. The van der Waals surface area contributed by atoms with Crippen molar-refractivity contribution in [3.8, 4) is 6.01 Å². The zero-order valence-electron chi connectivity index (χ0n) is 22.2. The molecule has 4 aliphatic heterocycles. The molecule has 38 heavy (non-hydrogen) atoms. The standard InChI is InChI=1S/C27H34ClFN6O3/c1-16-10-27(8-5-9-34(27)12-16)15-37-24-31-21-19(11-30-22(28)20(21)29)23(32-24)33-13-17-6-7-18(14-33)35(17)25(36)38-26(2,3)4/h11,17-18H,1,5-10,12-15H2,2-4H3/t17?,18?,27-/m0/s1. The molecule has 9 nitrogen and oxygen atoms in total. The van der Waals surface area contributed by atoms with Crippen LogP contribution >= 0.6 is 11.6 Å². The largest absolute Gasteiger partial charge is 0.461 e. The maximum absolute atomic E-state index is 15.2. The second kappa shape index (κ2) is 9.19. The number of ether oxygens (including phenoxy) is 2. The third-order valence-electron chi connectivity index (χ3n) is 8.19. The van der Waals surface area contributed by atoms with Crippen LogP contribution in [0.4, 0.5) is 15.0 Å². The predicted octanol–water partition coefficient (Wildman–Crippen LogP) is 4.58. The molecule has 6 heterocycles. The molecular weight excluding hydrogens is 511 g/mol. The number of rotatable bonds is 4. The lowest BCUT2D eigenvalue weighted by atomic mass is 9.94. The predicted molar refractivity (Wildman–Crippen MR) is 142 cm³/mol. The van der Waals surface area contributed by atoms with Gasteiger partial charge in [0, 0.05) is 25.8 Å². The maximum atomic E-state index is 15.2. The van der Waals surface area contributed by atoms with Gasteiger partial charge in [-0.2, -0.15) is 9.97 Å². The Morgan fingerprint density at radius 1 is 1.26 bits per heavy atom. The fourth-order valence-electron chi connectivity index (χ4n) is 6.64. The normalized spacial score (nSPS) is 27.3. The molecule has 2 aromatic rings. The molecule has 2 aromatic heterocycles. The van der Waals surface area contributed by atoms with Crippen LogP contribution < -0.4 is 9.64 Å². The highest BCUT2D eigenvalue weighted by atomic mass is 35.5. The van der Waals surface area contributed by atoms with E-state index in [-0.39, 0.29) is 40.4 Å². The molecule has 2 unspecified atom stereocenters. The molecule has 0 aliphatic carbocycles. The van der Waals surface area contributed by atoms with E-state index >= 15 is 4.39 Å². The number of piperazine rings is 1. The molecule has 0 spiro atoms. The van der Waals surface area contributed by atoms with Gasteiger partial charge >= 0.3 is 12.1 Å². The SMILES string of the molecule is C=C1CN2CCC[C@@]2(COc2nc(N3CC4CCC(C3)N4C(=O)OC(C)(C)C)c3cnc(Cl)c(F)c3n2)C1. The quantitative estimate of drug-likeness (QED) is 0.408. The van der Waals surface area contributed by atoms with Crippen molar-refractivity contribution in [2.24, 2.45) is 0 Å². The van der Waals surface area contributed by atoms with Crippen LogP contribution in [0.3, 0.4) is 0 Å². The topological polar surface area (TPSA) is 83.9 Å². The summed E-state index contributed by atoms with van der Waals surface area (Å²) in [6.07, 6.45) is 5.97. The van der Waals surface area contributed by atoms with Gasteiger partial charge < -0.3 is 14.4 Å². The third-order valence-corrected chi connectivity index (χ3v) is 8.46. The Kier molecular flexibility index (Phi) is 6.18. The maximum Gasteiger partial charge on any atom is 0.410 e. The lowest BCUT2D eigenvalue weighted by molar-refractivity contribution is 0.0122. The van der Waals surface area contributed by atoms with Crippen molar-refractivity contribution in [3.05, 3.63) is 29.3 Å². The molecular formula is C27H34ClFN6O3. The molecule has 204 valence electrons. The van der Waals surface area contributed by atoms with Crippen LogP contribution in [-0.2, 0) is 4.74 Å². The number of carbonyl (C=O) groups excluding carboxylic acids is 1. The number of halogens is 2. The van der Waals surface area contributed by atoms with Crippen LogP contribution in [0.2, 0.25) is 5.15 Å². The molecule has 4 aliphatic rings. The average molecular weight is 545 g/mol. The summed E-state index contributed by atoms with van der Waals surface area (Å²) in [5.41, 5.74) is 0.618. The Morgan fingerprint density at radius 2 is 2.00 bits per heavy atom. The summed E-state index contributed by atoms with van der Waals surface area (Å²) in [5.74, 6) is -0.145. The van der Waals surface area contributed by atoms with E-state index < -0.39 is 11.4 Å². The van der Waals surface area contributed by atoms with Gasteiger partial charge in [-0.05, 0) is 59.4 Å². The Hall–Kier alpha value is -2.72. The Morgan fingerprint density at radius 3 is 2.71 bits per heavy atom. The molecule has 4 saturated heterocycles. The first-order chi connectivity index (χ1) is 18.0. The van der Waals surface area contributed by atoms with E-state index in [1.807, 2.05) is 25.7 Å². The minimum absolute atomic E-state index is 0.0291. The van der Waals surface area contributed by atoms with E-state index in [2.05, 4.69) is 26.3 Å². The van der Waals surface area contributed by atoms with E-state index in [0.717, 1.165) is 45.2 Å². The van der Waals surface area contributed by atoms with Crippen molar-refractivity contribution < 1.29 is 18.7 Å². The molecule has 4 fully saturated rings. The summed E-state index contributed by atoms with van der Waals surface area (Å²) in [7, 11) is 0. The highest BCUT2D eigenvalue weighted by molar-refractivity contribution is 6.30. The number of nitrogens with zero attached hydrogens (tertiary/aromatic N) is 6. The van der Waals surface area contributed by atoms with E-state index in [9.17, 15) is 4.79 Å². The lowest BCUT2D eigenvalue weighted by Crippen LogP contribution is -2.57. The summed E-state index contributed by atoms with van der Waals surface area (Å²) in [6, 6.07) is 0.0615. The van der Waals surface area contributed by atoms with Crippen molar-refractivity contribution in [2.45, 2.75) is 76.1 Å². The fraction of sp³-hybridized carbons (Fsp3) is 0.630. The fourth-order valence-corrected chi connectivity index (χ4v) is 6.78. The lowest BCUT2D eigenvalue weighted by Gasteiger charge is -2.42. The van der Waals surface area contributed by atoms with Crippen molar-refractivity contribution in [3.63, 3.8) is 0 Å². The first-order valence-electron chi connectivity index (χ1n) is 13.4. The first kappa shape index (κ1) is 25.6. The van der Waals surface area contributed by atoms with Gasteiger partial charge in [0.15, 0.2) is 11.0 Å². The van der Waals surface area contributed by atoms with E-state index in [4.69, 9.17) is 26.1 Å². The summed E-state index contributed by atoms with van der Waals surface area (Å²) in [5, 5.41) is 0.231. The molecule has 1 amide bonds. The van der Waals surface area contributed by atoms with Gasteiger partial charge in [-0.1, -0.05) is 23.8 Å². The van der Waals surface area contributed by atoms with Crippen LogP contribution in [0.15, 0.2) is 18.3 Å². The first-order valence-corrected chi connectivity index (χ1v) is 13.7. The van der Waals surface area contributed by atoms with Gasteiger partial charge in [0.2, 0.25) is 0 Å². The van der Waals surface area contributed by atoms with Gasteiger partial charge in [0.25, 0.3) is 0 Å². The van der Waals surface area contributed by atoms with Crippen LogP contribution in [0.5, 0.6) is 6.01 Å². The van der Waals surface area contributed by atoms with E-state index in [1.165, 1.54) is 11.8 Å². The zero-order valence-corrected chi connectivity index (χ0v) is 22.9. The van der Waals surface area contributed by atoms with Crippen LogP contribution in [0, 0.1) is 5.82 Å². The molecule has 0 aromatic carbocycles. The molecule has 0 N–H and O–H groups in total. The van der Waals surface area contributed by atoms with Crippen LogP contribution in [-0.4, -0.2) is 86.9 Å². The number of pyridine rings is 1. The second-order valence-corrected chi connectivity index (χ2v) is 12.5. The average Bonchev–Trinajstić information content (AvgIpc) is 3.46.